The Morgan fingerprint density at radius 3 is 2.29 bits per heavy atom. The van der Waals surface area contributed by atoms with Crippen molar-refractivity contribution in [1.82, 2.24) is 4.90 Å². The first kappa shape index (κ1) is 23.3. The molecule has 31 heavy (non-hydrogen) atoms. The third-order valence-corrected chi connectivity index (χ3v) is 6.74. The van der Waals surface area contributed by atoms with E-state index >= 15 is 0 Å². The van der Waals surface area contributed by atoms with Gasteiger partial charge in [0.05, 0.1) is 5.92 Å². The van der Waals surface area contributed by atoms with Gasteiger partial charge in [-0.3, -0.25) is 14.4 Å². The lowest BCUT2D eigenvalue weighted by molar-refractivity contribution is -0.157. The Labute approximate surface area is 185 Å². The second kappa shape index (κ2) is 11.9. The minimum absolute atomic E-state index is 0.000679. The average Bonchev–Trinajstić information content (AvgIpc) is 2.82. The summed E-state index contributed by atoms with van der Waals surface area (Å²) in [4.78, 5) is 39.0. The number of carbonyl (C=O) groups is 3. The third kappa shape index (κ3) is 7.08. The van der Waals surface area contributed by atoms with Crippen molar-refractivity contribution in [3.05, 3.63) is 30.3 Å². The molecule has 2 aliphatic rings. The molecule has 1 aliphatic carbocycles. The highest BCUT2D eigenvalue weighted by atomic mass is 16.5. The predicted octanol–water partition coefficient (Wildman–Crippen LogP) is 4.40. The van der Waals surface area contributed by atoms with Crippen molar-refractivity contribution in [1.29, 1.82) is 0 Å². The molecule has 1 heterocycles. The summed E-state index contributed by atoms with van der Waals surface area (Å²) in [7, 11) is 0. The molecule has 2 amide bonds. The Morgan fingerprint density at radius 2 is 1.65 bits per heavy atom. The van der Waals surface area contributed by atoms with Gasteiger partial charge in [0.2, 0.25) is 5.91 Å². The maximum Gasteiger partial charge on any atom is 0.309 e. The summed E-state index contributed by atoms with van der Waals surface area (Å²) >= 11 is 0. The van der Waals surface area contributed by atoms with Crippen LogP contribution in [-0.4, -0.2) is 42.4 Å². The van der Waals surface area contributed by atoms with Crippen molar-refractivity contribution < 1.29 is 19.1 Å². The van der Waals surface area contributed by atoms with Crippen LogP contribution in [0, 0.1) is 17.8 Å². The van der Waals surface area contributed by atoms with Gasteiger partial charge in [0, 0.05) is 24.7 Å². The predicted molar refractivity (Wildman–Crippen MR) is 120 cm³/mol. The number of anilines is 1. The van der Waals surface area contributed by atoms with Crippen molar-refractivity contribution in [3.8, 4) is 0 Å². The van der Waals surface area contributed by atoms with E-state index in [2.05, 4.69) is 12.2 Å². The zero-order valence-corrected chi connectivity index (χ0v) is 18.7. The van der Waals surface area contributed by atoms with Crippen molar-refractivity contribution in [2.75, 3.05) is 25.0 Å². The van der Waals surface area contributed by atoms with Gasteiger partial charge in [-0.1, -0.05) is 44.4 Å². The highest BCUT2D eigenvalue weighted by Gasteiger charge is 2.30. The van der Waals surface area contributed by atoms with E-state index in [1.54, 1.807) is 4.90 Å². The van der Waals surface area contributed by atoms with Crippen LogP contribution in [0.1, 0.15) is 64.7 Å². The molecular formula is C25H36N2O4. The van der Waals surface area contributed by atoms with Gasteiger partial charge in [0.25, 0.3) is 5.91 Å². The first-order valence-electron chi connectivity index (χ1n) is 11.9. The van der Waals surface area contributed by atoms with Crippen LogP contribution in [0.5, 0.6) is 0 Å². The summed E-state index contributed by atoms with van der Waals surface area (Å²) in [6.45, 7) is 3.06. The number of unbranched alkanes of at least 4 members (excludes halogenated alkanes) is 1. The second-order valence-electron chi connectivity index (χ2n) is 8.98. The lowest BCUT2D eigenvalue weighted by Crippen LogP contribution is -2.43. The topological polar surface area (TPSA) is 75.7 Å². The summed E-state index contributed by atoms with van der Waals surface area (Å²) in [6, 6.07) is 9.41. The lowest BCUT2D eigenvalue weighted by Gasteiger charge is -2.31. The number of ether oxygens (including phenoxy) is 1. The number of amides is 2. The number of carbonyl (C=O) groups excluding carboxylic acids is 3. The SMILES string of the molecule is CCCCC1CCC(C(=O)OCC(=O)N2CCC(C(=O)Nc3ccccc3)CC2)CC1. The maximum absolute atomic E-state index is 12.5. The summed E-state index contributed by atoms with van der Waals surface area (Å²) in [5.41, 5.74) is 0.789. The molecule has 1 saturated heterocycles. The molecule has 1 N–H and O–H groups in total. The van der Waals surface area contributed by atoms with Gasteiger partial charge in [-0.2, -0.15) is 0 Å². The van der Waals surface area contributed by atoms with Crippen LogP contribution in [0.25, 0.3) is 0 Å². The molecule has 0 radical (unpaired) electrons. The number of esters is 1. The summed E-state index contributed by atoms with van der Waals surface area (Å²) in [6.07, 6.45) is 8.93. The number of nitrogens with zero attached hydrogens (tertiary/aromatic N) is 1. The van der Waals surface area contributed by atoms with E-state index in [9.17, 15) is 14.4 Å². The lowest BCUT2D eigenvalue weighted by atomic mass is 9.80. The fourth-order valence-corrected chi connectivity index (χ4v) is 4.68. The number of hydrogen-bond acceptors (Lipinski definition) is 4. The van der Waals surface area contributed by atoms with Gasteiger partial charge in [-0.05, 0) is 56.6 Å². The molecule has 0 bridgehead atoms. The van der Waals surface area contributed by atoms with Gasteiger partial charge in [0.1, 0.15) is 0 Å². The van der Waals surface area contributed by atoms with E-state index in [0.717, 1.165) is 37.3 Å². The van der Waals surface area contributed by atoms with Crippen molar-refractivity contribution in [3.63, 3.8) is 0 Å². The molecule has 0 aromatic heterocycles. The Bertz CT molecular complexity index is 720. The number of hydrogen-bond donors (Lipinski definition) is 1. The van der Waals surface area contributed by atoms with Crippen LogP contribution in [0.3, 0.4) is 0 Å². The van der Waals surface area contributed by atoms with Crippen molar-refractivity contribution >= 4 is 23.5 Å². The van der Waals surface area contributed by atoms with E-state index in [0.29, 0.717) is 25.9 Å². The smallest absolute Gasteiger partial charge is 0.309 e. The molecular weight excluding hydrogens is 392 g/mol. The largest absolute Gasteiger partial charge is 0.455 e. The first-order valence-corrected chi connectivity index (χ1v) is 11.9. The quantitative estimate of drug-likeness (QED) is 0.623. The van der Waals surface area contributed by atoms with Crippen LogP contribution in [0.15, 0.2) is 30.3 Å². The maximum atomic E-state index is 12.5. The van der Waals surface area contributed by atoms with Gasteiger partial charge < -0.3 is 15.0 Å². The Morgan fingerprint density at radius 1 is 0.968 bits per heavy atom. The summed E-state index contributed by atoms with van der Waals surface area (Å²) < 4.78 is 5.36. The molecule has 1 saturated carbocycles. The van der Waals surface area contributed by atoms with Crippen LogP contribution in [-0.2, 0) is 19.1 Å². The van der Waals surface area contributed by atoms with Gasteiger partial charge in [-0.25, -0.2) is 0 Å². The number of nitrogens with one attached hydrogen (secondary N) is 1. The van der Waals surface area contributed by atoms with E-state index < -0.39 is 0 Å². The van der Waals surface area contributed by atoms with E-state index in [1.165, 1.54) is 19.3 Å². The molecule has 1 aromatic carbocycles. The molecule has 6 nitrogen and oxygen atoms in total. The molecule has 170 valence electrons. The Balaban J connectivity index is 1.33. The zero-order valence-electron chi connectivity index (χ0n) is 18.7. The molecule has 0 atom stereocenters. The summed E-state index contributed by atoms with van der Waals surface area (Å²) in [5.74, 6) is 0.199. The first-order chi connectivity index (χ1) is 15.1. The van der Waals surface area contributed by atoms with Crippen LogP contribution < -0.4 is 5.32 Å². The molecule has 2 fully saturated rings. The van der Waals surface area contributed by atoms with E-state index in [4.69, 9.17) is 4.74 Å². The highest BCUT2D eigenvalue weighted by molar-refractivity contribution is 5.92. The third-order valence-electron chi connectivity index (χ3n) is 6.74. The van der Waals surface area contributed by atoms with Crippen LogP contribution in [0.4, 0.5) is 5.69 Å². The number of para-hydroxylation sites is 1. The molecule has 0 unspecified atom stereocenters. The number of rotatable bonds is 8. The standard InChI is InChI=1S/C25H36N2O4/c1-2-3-7-19-10-12-21(13-11-19)25(30)31-18-23(28)27-16-14-20(15-17-27)24(29)26-22-8-5-4-6-9-22/h4-6,8-9,19-21H,2-3,7,10-18H2,1H3,(H,26,29). The zero-order chi connectivity index (χ0) is 22.1. The Hall–Kier alpha value is -2.37. The minimum Gasteiger partial charge on any atom is -0.455 e. The number of benzene rings is 1. The minimum atomic E-state index is -0.223. The van der Waals surface area contributed by atoms with Crippen LogP contribution in [0.2, 0.25) is 0 Å². The number of likely N-dealkylation sites (tertiary alicyclic amines) is 1. The second-order valence-corrected chi connectivity index (χ2v) is 8.98. The molecule has 6 heteroatoms. The normalized spacial score (nSPS) is 22.0. The molecule has 1 aromatic rings. The average molecular weight is 429 g/mol. The molecule has 1 aliphatic heterocycles. The highest BCUT2D eigenvalue weighted by Crippen LogP contribution is 2.32. The van der Waals surface area contributed by atoms with Crippen molar-refractivity contribution in [2.45, 2.75) is 64.7 Å². The summed E-state index contributed by atoms with van der Waals surface area (Å²) in [5, 5.41) is 2.93. The molecule has 3 rings (SSSR count). The van der Waals surface area contributed by atoms with E-state index in [-0.39, 0.29) is 36.2 Å². The monoisotopic (exact) mass is 428 g/mol. The van der Waals surface area contributed by atoms with Crippen molar-refractivity contribution in [2.24, 2.45) is 17.8 Å². The fraction of sp³-hybridized carbons (Fsp3) is 0.640. The van der Waals surface area contributed by atoms with Gasteiger partial charge in [0.15, 0.2) is 6.61 Å². The van der Waals surface area contributed by atoms with E-state index in [1.807, 2.05) is 30.3 Å². The van der Waals surface area contributed by atoms with Crippen LogP contribution >= 0.6 is 0 Å². The fourth-order valence-electron chi connectivity index (χ4n) is 4.68. The van der Waals surface area contributed by atoms with Gasteiger partial charge >= 0.3 is 5.97 Å². The Kier molecular flexibility index (Phi) is 8.92. The number of piperidine rings is 1. The van der Waals surface area contributed by atoms with Gasteiger partial charge in [-0.15, -0.1) is 0 Å². The molecule has 0 spiro atoms.